The van der Waals surface area contributed by atoms with Crippen molar-refractivity contribution in [2.24, 2.45) is 0 Å². The molecule has 0 radical (unpaired) electrons. The summed E-state index contributed by atoms with van der Waals surface area (Å²) in [4.78, 5) is 0. The van der Waals surface area contributed by atoms with Crippen LogP contribution in [-0.4, -0.2) is 0 Å². The highest BCUT2D eigenvalue weighted by Gasteiger charge is 2.17. The Balaban J connectivity index is 2.86. The Morgan fingerprint density at radius 2 is 1.00 bits per heavy atom. The lowest BCUT2D eigenvalue weighted by molar-refractivity contribution is 0.810. The molecule has 0 spiro atoms. The lowest BCUT2D eigenvalue weighted by Crippen LogP contribution is -2.07. The van der Waals surface area contributed by atoms with Crippen LogP contribution in [0.25, 0.3) is 10.8 Å². The first-order chi connectivity index (χ1) is 11.2. The summed E-state index contributed by atoms with van der Waals surface area (Å²) in [5.41, 5.74) is 8.07. The molecule has 0 bridgehead atoms. The van der Waals surface area contributed by atoms with Crippen LogP contribution in [0.2, 0.25) is 0 Å². The van der Waals surface area contributed by atoms with Gasteiger partial charge in [0.25, 0.3) is 0 Å². The van der Waals surface area contributed by atoms with Gasteiger partial charge in [-0.2, -0.15) is 0 Å². The number of aryl methyl sites for hydroxylation is 3. The summed E-state index contributed by atoms with van der Waals surface area (Å²) in [7, 11) is 0. The van der Waals surface area contributed by atoms with Crippen LogP contribution >= 0.6 is 0 Å². The van der Waals surface area contributed by atoms with E-state index in [9.17, 15) is 0 Å². The molecule has 2 rings (SSSR count). The van der Waals surface area contributed by atoms with Crippen LogP contribution in [0.15, 0.2) is 18.2 Å². The van der Waals surface area contributed by atoms with Crippen molar-refractivity contribution < 1.29 is 0 Å². The molecule has 2 aromatic carbocycles. The molecule has 0 amide bonds. The Labute approximate surface area is 143 Å². The summed E-state index contributed by atoms with van der Waals surface area (Å²) in [6.45, 7) is 11.5. The number of fused-ring (bicyclic) bond motifs is 1. The van der Waals surface area contributed by atoms with Crippen LogP contribution in [0.4, 0.5) is 0 Å². The molecule has 0 aliphatic carbocycles. The lowest BCUT2D eigenvalue weighted by atomic mass is 9.82. The summed E-state index contributed by atoms with van der Waals surface area (Å²) in [6.07, 6.45) is 9.89. The summed E-state index contributed by atoms with van der Waals surface area (Å²) in [5, 5.41) is 3.07. The lowest BCUT2D eigenvalue weighted by Gasteiger charge is -2.23. The van der Waals surface area contributed by atoms with Gasteiger partial charge in [-0.15, -0.1) is 0 Å². The quantitative estimate of drug-likeness (QED) is 0.494. The SMILES string of the molecule is CCCc1c(CCC)c(CCC)c2cc(C)ccc2c1CCC. The first-order valence-corrected chi connectivity index (χ1v) is 9.73. The second kappa shape index (κ2) is 8.52. The zero-order chi connectivity index (χ0) is 16.8. The van der Waals surface area contributed by atoms with Crippen LogP contribution in [0.5, 0.6) is 0 Å². The van der Waals surface area contributed by atoms with Crippen LogP contribution < -0.4 is 0 Å². The molecule has 0 aliphatic heterocycles. The molecule has 0 aliphatic rings. The maximum absolute atomic E-state index is 2.44. The summed E-state index contributed by atoms with van der Waals surface area (Å²) < 4.78 is 0. The van der Waals surface area contributed by atoms with Gasteiger partial charge in [-0.05, 0) is 65.6 Å². The fourth-order valence-corrected chi connectivity index (χ4v) is 4.03. The minimum absolute atomic E-state index is 1.22. The molecule has 0 heterocycles. The van der Waals surface area contributed by atoms with Crippen LogP contribution in [0, 0.1) is 6.92 Å². The molecule has 126 valence electrons. The molecule has 0 atom stereocenters. The van der Waals surface area contributed by atoms with Crippen molar-refractivity contribution in [3.63, 3.8) is 0 Å². The first-order valence-electron chi connectivity index (χ1n) is 9.73. The van der Waals surface area contributed by atoms with Gasteiger partial charge in [0.1, 0.15) is 0 Å². The molecule has 0 saturated carbocycles. The topological polar surface area (TPSA) is 0 Å². The number of hydrogen-bond donors (Lipinski definition) is 0. The Hall–Kier alpha value is -1.30. The third kappa shape index (κ3) is 3.79. The van der Waals surface area contributed by atoms with E-state index in [1.54, 1.807) is 27.6 Å². The van der Waals surface area contributed by atoms with Crippen LogP contribution in [0.3, 0.4) is 0 Å². The smallest absolute Gasteiger partial charge is 0.0144 e. The average Bonchev–Trinajstić information content (AvgIpc) is 2.54. The average molecular weight is 311 g/mol. The van der Waals surface area contributed by atoms with E-state index in [2.05, 4.69) is 52.8 Å². The molecule has 0 saturated heterocycles. The number of benzene rings is 2. The first kappa shape index (κ1) is 18.0. The zero-order valence-electron chi connectivity index (χ0n) is 15.9. The van der Waals surface area contributed by atoms with Crippen molar-refractivity contribution in [1.29, 1.82) is 0 Å². The molecular formula is C23H34. The molecule has 0 heteroatoms. The van der Waals surface area contributed by atoms with Crippen molar-refractivity contribution in [2.45, 2.75) is 86.0 Å². The van der Waals surface area contributed by atoms with Gasteiger partial charge >= 0.3 is 0 Å². The number of hydrogen-bond acceptors (Lipinski definition) is 0. The molecule has 0 aromatic heterocycles. The third-order valence-corrected chi connectivity index (χ3v) is 4.92. The summed E-state index contributed by atoms with van der Waals surface area (Å²) in [5.74, 6) is 0. The van der Waals surface area contributed by atoms with E-state index in [4.69, 9.17) is 0 Å². The molecule has 2 aromatic rings. The van der Waals surface area contributed by atoms with E-state index < -0.39 is 0 Å². The fourth-order valence-electron chi connectivity index (χ4n) is 4.03. The van der Waals surface area contributed by atoms with Gasteiger partial charge in [-0.25, -0.2) is 0 Å². The second-order valence-electron chi connectivity index (χ2n) is 6.96. The van der Waals surface area contributed by atoms with Gasteiger partial charge in [0.05, 0.1) is 0 Å². The minimum Gasteiger partial charge on any atom is -0.0651 e. The maximum atomic E-state index is 2.44. The van der Waals surface area contributed by atoms with E-state index in [1.807, 2.05) is 0 Å². The molecule has 0 N–H and O–H groups in total. The normalized spacial score (nSPS) is 11.3. The van der Waals surface area contributed by atoms with E-state index in [1.165, 1.54) is 62.3 Å². The second-order valence-corrected chi connectivity index (χ2v) is 6.96. The van der Waals surface area contributed by atoms with E-state index >= 15 is 0 Å². The maximum Gasteiger partial charge on any atom is -0.0144 e. The van der Waals surface area contributed by atoms with E-state index in [0.29, 0.717) is 0 Å². The van der Waals surface area contributed by atoms with E-state index in [-0.39, 0.29) is 0 Å². The highest BCUT2D eigenvalue weighted by atomic mass is 14.2. The van der Waals surface area contributed by atoms with Gasteiger partial charge in [0.15, 0.2) is 0 Å². The van der Waals surface area contributed by atoms with Crippen molar-refractivity contribution >= 4 is 10.8 Å². The molecular weight excluding hydrogens is 276 g/mol. The monoisotopic (exact) mass is 310 g/mol. The predicted octanol–water partition coefficient (Wildman–Crippen LogP) is 6.96. The highest BCUT2D eigenvalue weighted by Crippen LogP contribution is 2.35. The summed E-state index contributed by atoms with van der Waals surface area (Å²) >= 11 is 0. The standard InChI is InChI=1S/C23H34/c1-6-10-18-19(11-7-2)21(13-9-4)23-16-17(5)14-15-22(23)20(18)12-8-3/h14-16H,6-13H2,1-5H3. The van der Waals surface area contributed by atoms with Gasteiger partial charge in [-0.1, -0.05) is 77.1 Å². The van der Waals surface area contributed by atoms with Crippen LogP contribution in [-0.2, 0) is 25.7 Å². The molecule has 0 unspecified atom stereocenters. The Kier molecular flexibility index (Phi) is 6.69. The van der Waals surface area contributed by atoms with Crippen molar-refractivity contribution in [2.75, 3.05) is 0 Å². The Morgan fingerprint density at radius 1 is 0.565 bits per heavy atom. The van der Waals surface area contributed by atoms with Gasteiger partial charge in [-0.3, -0.25) is 0 Å². The van der Waals surface area contributed by atoms with Gasteiger partial charge < -0.3 is 0 Å². The van der Waals surface area contributed by atoms with Crippen molar-refractivity contribution in [3.05, 3.63) is 46.0 Å². The van der Waals surface area contributed by atoms with Crippen molar-refractivity contribution in [3.8, 4) is 0 Å². The molecule has 0 fully saturated rings. The third-order valence-electron chi connectivity index (χ3n) is 4.92. The number of rotatable bonds is 8. The largest absolute Gasteiger partial charge is 0.0651 e. The zero-order valence-corrected chi connectivity index (χ0v) is 15.9. The fraction of sp³-hybridized carbons (Fsp3) is 0.565. The Bertz CT molecular complexity index is 649. The minimum atomic E-state index is 1.22. The van der Waals surface area contributed by atoms with E-state index in [0.717, 1.165) is 0 Å². The van der Waals surface area contributed by atoms with Crippen molar-refractivity contribution in [1.82, 2.24) is 0 Å². The highest BCUT2D eigenvalue weighted by molar-refractivity contribution is 5.92. The Morgan fingerprint density at radius 3 is 1.48 bits per heavy atom. The van der Waals surface area contributed by atoms with Gasteiger partial charge in [0.2, 0.25) is 0 Å². The molecule has 23 heavy (non-hydrogen) atoms. The molecule has 0 nitrogen and oxygen atoms in total. The summed E-state index contributed by atoms with van der Waals surface area (Å²) in [6, 6.07) is 7.13. The predicted molar refractivity (Wildman–Crippen MR) is 105 cm³/mol. The van der Waals surface area contributed by atoms with Crippen LogP contribution in [0.1, 0.15) is 81.2 Å². The van der Waals surface area contributed by atoms with Gasteiger partial charge in [0, 0.05) is 0 Å².